The Kier molecular flexibility index (Phi) is 13.8. The van der Waals surface area contributed by atoms with Crippen molar-refractivity contribution in [3.63, 3.8) is 0 Å². The molecule has 0 spiro atoms. The zero-order chi connectivity index (χ0) is 33.6. The summed E-state index contributed by atoms with van der Waals surface area (Å²) in [6.45, 7) is 2.59. The fraction of sp³-hybridized carbons (Fsp3) is 0.469. The van der Waals surface area contributed by atoms with E-state index >= 15 is 0 Å². The number of carbonyl (C=O) groups excluding carboxylic acids is 4. The van der Waals surface area contributed by atoms with E-state index in [1.165, 1.54) is 18.9 Å². The smallest absolute Gasteiger partial charge is 0.248 e. The summed E-state index contributed by atoms with van der Waals surface area (Å²) < 4.78 is 12.0. The van der Waals surface area contributed by atoms with Gasteiger partial charge in [-0.1, -0.05) is 12.1 Å². The highest BCUT2D eigenvalue weighted by atomic mass is 16.5. The van der Waals surface area contributed by atoms with Gasteiger partial charge in [-0.3, -0.25) is 19.2 Å². The minimum absolute atomic E-state index is 0.0647. The largest absolute Gasteiger partial charge is 0.492 e. The first kappa shape index (κ1) is 35.8. The Morgan fingerprint density at radius 3 is 2.24 bits per heavy atom. The Morgan fingerprint density at radius 2 is 1.61 bits per heavy atom. The summed E-state index contributed by atoms with van der Waals surface area (Å²) in [5, 5.41) is 16.9. The van der Waals surface area contributed by atoms with E-state index in [-0.39, 0.29) is 51.6 Å². The van der Waals surface area contributed by atoms with Gasteiger partial charge in [-0.25, -0.2) is 0 Å². The van der Waals surface area contributed by atoms with Gasteiger partial charge in [0, 0.05) is 44.1 Å². The number of nitrogens with one attached hydrogen (secondary N) is 3. The van der Waals surface area contributed by atoms with Crippen LogP contribution in [0.2, 0.25) is 0 Å². The van der Waals surface area contributed by atoms with Gasteiger partial charge in [0.1, 0.15) is 49.4 Å². The van der Waals surface area contributed by atoms with Crippen LogP contribution in [-0.4, -0.2) is 87.1 Å². The summed E-state index contributed by atoms with van der Waals surface area (Å²) in [5.41, 5.74) is 19.4. The molecular weight excluding hydrogens is 592 g/mol. The number of unbranched alkanes of at least 4 members (excludes halogenated alkanes) is 1. The molecule has 0 saturated heterocycles. The number of carbonyl (C=O) groups is 4. The molecule has 0 unspecified atom stereocenters. The molecule has 0 radical (unpaired) electrons. The number of nitriles is 1. The van der Waals surface area contributed by atoms with E-state index in [4.69, 9.17) is 31.9 Å². The van der Waals surface area contributed by atoms with E-state index in [2.05, 4.69) is 16.0 Å². The molecule has 0 saturated carbocycles. The topological polar surface area (TPSA) is 228 Å². The Labute approximate surface area is 268 Å². The number of rotatable bonds is 13. The molecule has 14 heteroatoms. The molecule has 1 heterocycles. The van der Waals surface area contributed by atoms with E-state index in [9.17, 15) is 19.2 Å². The van der Waals surface area contributed by atoms with Gasteiger partial charge in [-0.05, 0) is 61.7 Å². The number of likely N-dealkylation sites (N-methyl/N-ethyl adjacent to an activating group) is 1. The zero-order valence-electron chi connectivity index (χ0n) is 26.3. The van der Waals surface area contributed by atoms with Crippen LogP contribution in [0.25, 0.3) is 11.1 Å². The van der Waals surface area contributed by atoms with E-state index in [1.807, 2.05) is 12.1 Å². The first-order valence-electron chi connectivity index (χ1n) is 15.3. The van der Waals surface area contributed by atoms with Gasteiger partial charge in [0.2, 0.25) is 23.6 Å². The molecule has 4 amide bonds. The number of nitrogens with zero attached hydrogens (tertiary/aromatic N) is 2. The van der Waals surface area contributed by atoms with Crippen molar-refractivity contribution in [3.8, 4) is 28.7 Å². The molecule has 0 aliphatic carbocycles. The minimum atomic E-state index is -1.13. The molecule has 9 N–H and O–H groups in total. The fourth-order valence-corrected chi connectivity index (χ4v) is 5.07. The summed E-state index contributed by atoms with van der Waals surface area (Å²) in [6, 6.07) is 9.04. The molecule has 4 bridgehead atoms. The molecule has 1 aliphatic heterocycles. The minimum Gasteiger partial charge on any atom is -0.492 e. The van der Waals surface area contributed by atoms with Crippen LogP contribution in [0.3, 0.4) is 0 Å². The first-order valence-corrected chi connectivity index (χ1v) is 15.3. The average molecular weight is 637 g/mol. The second-order valence-electron chi connectivity index (χ2n) is 10.9. The summed E-state index contributed by atoms with van der Waals surface area (Å²) in [5.74, 6) is -1.15. The van der Waals surface area contributed by atoms with Gasteiger partial charge in [0.15, 0.2) is 0 Å². The first-order chi connectivity index (χ1) is 22.1. The number of benzene rings is 2. The van der Waals surface area contributed by atoms with Crippen LogP contribution in [0.1, 0.15) is 43.4 Å². The Balaban J connectivity index is 2.26. The monoisotopic (exact) mass is 636 g/mol. The average Bonchev–Trinajstić information content (AvgIpc) is 3.05. The zero-order valence-corrected chi connectivity index (χ0v) is 26.3. The van der Waals surface area contributed by atoms with Crippen molar-refractivity contribution in [1.82, 2.24) is 20.9 Å². The highest BCUT2D eigenvalue weighted by Gasteiger charge is 2.33. The molecule has 1 aliphatic rings. The number of fused-ring (bicyclic) bond motifs is 5. The number of nitrogens with two attached hydrogens (primary N) is 3. The van der Waals surface area contributed by atoms with Crippen molar-refractivity contribution in [2.45, 2.75) is 50.7 Å². The Bertz CT molecular complexity index is 1430. The third kappa shape index (κ3) is 9.40. The van der Waals surface area contributed by atoms with Crippen LogP contribution < -0.4 is 42.6 Å². The second-order valence-corrected chi connectivity index (χ2v) is 10.9. The van der Waals surface area contributed by atoms with Crippen molar-refractivity contribution < 1.29 is 28.7 Å². The van der Waals surface area contributed by atoms with Crippen LogP contribution in [0, 0.1) is 11.3 Å². The number of amides is 4. The standard InChI is InChI=1S/C32H44N8O6/c1-20-30(42)39-25(31(43)37-14-11-34)18-21-6-8-26(45-15-12-35)23(17-21)24-19-22(7-9-27(24)46-16-13-36)29(32(44)38-20)40(2)28(41)5-3-4-10-33/h6-9,17,19-20,25,29H,3-5,10,12-16,18,33,35-36H2,1-2H3,(H,37,43)(H,38,44)(H,39,42)/t20-,25-,29-/m0/s1. The third-order valence-corrected chi connectivity index (χ3v) is 7.44. The van der Waals surface area contributed by atoms with E-state index in [1.54, 1.807) is 30.3 Å². The molecule has 2 aromatic rings. The molecule has 3 atom stereocenters. The third-order valence-electron chi connectivity index (χ3n) is 7.44. The summed E-state index contributed by atoms with van der Waals surface area (Å²) in [7, 11) is 1.54. The lowest BCUT2D eigenvalue weighted by Gasteiger charge is -2.30. The van der Waals surface area contributed by atoms with Crippen molar-refractivity contribution in [2.75, 3.05) is 46.4 Å². The summed E-state index contributed by atoms with van der Waals surface area (Å²) in [6.07, 6.45) is 1.44. The molecule has 2 aromatic carbocycles. The van der Waals surface area contributed by atoms with Crippen LogP contribution >= 0.6 is 0 Å². The lowest BCUT2D eigenvalue weighted by atomic mass is 9.93. The lowest BCUT2D eigenvalue weighted by Crippen LogP contribution is -2.55. The lowest BCUT2D eigenvalue weighted by molar-refractivity contribution is -0.140. The van der Waals surface area contributed by atoms with Crippen molar-refractivity contribution in [1.29, 1.82) is 5.26 Å². The van der Waals surface area contributed by atoms with Crippen LogP contribution in [0.15, 0.2) is 36.4 Å². The molecule has 14 nitrogen and oxygen atoms in total. The molecule has 248 valence electrons. The normalized spacial score (nSPS) is 17.9. The quantitative estimate of drug-likeness (QED) is 0.126. The van der Waals surface area contributed by atoms with Crippen LogP contribution in [0.4, 0.5) is 0 Å². The molecule has 3 rings (SSSR count). The van der Waals surface area contributed by atoms with Crippen molar-refractivity contribution >= 4 is 23.6 Å². The number of ether oxygens (including phenoxy) is 2. The van der Waals surface area contributed by atoms with Crippen LogP contribution in [0.5, 0.6) is 11.5 Å². The van der Waals surface area contributed by atoms with E-state index < -0.39 is 35.8 Å². The SMILES string of the molecule is C[C@@H]1NC(=O)[C@@H](N(C)C(=O)CCCCN)c2ccc(OCCN)c(c2)-c2cc(ccc2OCCN)C[C@@H](C(=O)NCC#N)NC1=O. The maximum Gasteiger partial charge on any atom is 0.248 e. The maximum atomic E-state index is 13.9. The molecule has 0 fully saturated rings. The molecule has 0 aromatic heterocycles. The van der Waals surface area contributed by atoms with Gasteiger partial charge in [0.25, 0.3) is 0 Å². The highest BCUT2D eigenvalue weighted by molar-refractivity contribution is 5.95. The predicted octanol–water partition coefficient (Wildman–Crippen LogP) is -0.158. The van der Waals surface area contributed by atoms with Crippen molar-refractivity contribution in [2.24, 2.45) is 17.2 Å². The number of hydrogen-bond donors (Lipinski definition) is 6. The fourth-order valence-electron chi connectivity index (χ4n) is 5.07. The van der Waals surface area contributed by atoms with Gasteiger partial charge in [-0.15, -0.1) is 0 Å². The van der Waals surface area contributed by atoms with Gasteiger partial charge in [0.05, 0.1) is 6.07 Å². The Morgan fingerprint density at radius 1 is 0.957 bits per heavy atom. The van der Waals surface area contributed by atoms with Gasteiger partial charge < -0.3 is 47.5 Å². The molecular formula is C32H44N8O6. The predicted molar refractivity (Wildman–Crippen MR) is 171 cm³/mol. The summed E-state index contributed by atoms with van der Waals surface area (Å²) in [4.78, 5) is 54.9. The maximum absolute atomic E-state index is 13.9. The van der Waals surface area contributed by atoms with Gasteiger partial charge in [-0.2, -0.15) is 5.26 Å². The number of hydrogen-bond acceptors (Lipinski definition) is 10. The van der Waals surface area contributed by atoms with E-state index in [0.717, 1.165) is 0 Å². The Hall–Kier alpha value is -4.71. The van der Waals surface area contributed by atoms with Crippen LogP contribution in [-0.2, 0) is 25.6 Å². The second kappa shape index (κ2) is 17.7. The van der Waals surface area contributed by atoms with E-state index in [0.29, 0.717) is 53.1 Å². The highest BCUT2D eigenvalue weighted by Crippen LogP contribution is 2.40. The van der Waals surface area contributed by atoms with Crippen molar-refractivity contribution in [3.05, 3.63) is 47.5 Å². The summed E-state index contributed by atoms with van der Waals surface area (Å²) >= 11 is 0. The van der Waals surface area contributed by atoms with Gasteiger partial charge >= 0.3 is 0 Å². The molecule has 46 heavy (non-hydrogen) atoms.